The first-order valence-corrected chi connectivity index (χ1v) is 6.35. The van der Waals surface area contributed by atoms with Gasteiger partial charge in [0.2, 0.25) is 0 Å². The Morgan fingerprint density at radius 3 is 2.88 bits per heavy atom. The lowest BCUT2D eigenvalue weighted by atomic mass is 10.2. The van der Waals surface area contributed by atoms with E-state index in [9.17, 15) is 0 Å². The number of rotatable bonds is 1. The van der Waals surface area contributed by atoms with Crippen LogP contribution in [0.25, 0.3) is 11.5 Å². The molecule has 0 aliphatic carbocycles. The molecule has 1 aliphatic heterocycles. The summed E-state index contributed by atoms with van der Waals surface area (Å²) in [7, 11) is 0. The Hall–Kier alpha value is -1.37. The van der Waals surface area contributed by atoms with Gasteiger partial charge in [-0.3, -0.25) is 4.99 Å². The molecule has 3 heterocycles. The number of hydrogen-bond acceptors (Lipinski definition) is 4. The molecular formula is C12H9IN4. The number of pyridine rings is 1. The minimum atomic E-state index is 0.683. The zero-order valence-corrected chi connectivity index (χ0v) is 11.3. The van der Waals surface area contributed by atoms with Gasteiger partial charge in [0.1, 0.15) is 15.1 Å². The first-order valence-electron chi connectivity index (χ1n) is 5.27. The van der Waals surface area contributed by atoms with Crippen molar-refractivity contribution in [2.45, 2.75) is 13.3 Å². The molecule has 0 saturated heterocycles. The molecule has 5 heteroatoms. The molecule has 2 aromatic rings. The molecule has 0 aromatic carbocycles. The Balaban J connectivity index is 2.14. The number of hydrogen-bond donors (Lipinski definition) is 0. The molecule has 0 fully saturated rings. The van der Waals surface area contributed by atoms with Gasteiger partial charge in [0, 0.05) is 18.3 Å². The van der Waals surface area contributed by atoms with E-state index in [-0.39, 0.29) is 0 Å². The zero-order chi connectivity index (χ0) is 11.8. The molecule has 4 nitrogen and oxygen atoms in total. The monoisotopic (exact) mass is 336 g/mol. The molecule has 1 aliphatic rings. The SMILES string of the molecule is Cc1cccc(-c2nc(I)c3c(n2)CC=N3)n1. The fourth-order valence-electron chi connectivity index (χ4n) is 1.75. The summed E-state index contributed by atoms with van der Waals surface area (Å²) in [5.74, 6) is 0.683. The number of aryl methyl sites for hydroxylation is 1. The molecule has 0 saturated carbocycles. The van der Waals surface area contributed by atoms with Gasteiger partial charge < -0.3 is 0 Å². The van der Waals surface area contributed by atoms with Crippen molar-refractivity contribution in [1.29, 1.82) is 0 Å². The van der Waals surface area contributed by atoms with E-state index >= 15 is 0 Å². The van der Waals surface area contributed by atoms with Gasteiger partial charge in [-0.15, -0.1) is 0 Å². The van der Waals surface area contributed by atoms with Crippen molar-refractivity contribution in [2.75, 3.05) is 0 Å². The van der Waals surface area contributed by atoms with Gasteiger partial charge in [-0.2, -0.15) is 0 Å². The summed E-state index contributed by atoms with van der Waals surface area (Å²) < 4.78 is 0.889. The molecule has 0 amide bonds. The van der Waals surface area contributed by atoms with Crippen molar-refractivity contribution in [3.63, 3.8) is 0 Å². The lowest BCUT2D eigenvalue weighted by molar-refractivity contribution is 1.05. The van der Waals surface area contributed by atoms with Crippen LogP contribution in [0.15, 0.2) is 23.2 Å². The van der Waals surface area contributed by atoms with E-state index in [4.69, 9.17) is 0 Å². The van der Waals surface area contributed by atoms with Crippen LogP contribution >= 0.6 is 22.6 Å². The highest BCUT2D eigenvalue weighted by Crippen LogP contribution is 2.29. The number of fused-ring (bicyclic) bond motifs is 1. The highest BCUT2D eigenvalue weighted by Gasteiger charge is 2.16. The highest BCUT2D eigenvalue weighted by molar-refractivity contribution is 14.1. The second-order valence-corrected chi connectivity index (χ2v) is 4.84. The van der Waals surface area contributed by atoms with Crippen molar-refractivity contribution in [2.24, 2.45) is 4.99 Å². The number of aromatic nitrogens is 3. The smallest absolute Gasteiger partial charge is 0.179 e. The predicted octanol–water partition coefficient (Wildman–Crippen LogP) is 2.71. The first-order chi connectivity index (χ1) is 8.24. The lowest BCUT2D eigenvalue weighted by Gasteiger charge is -2.04. The molecule has 84 valence electrons. The first kappa shape index (κ1) is 10.8. The molecule has 2 aromatic heterocycles. The van der Waals surface area contributed by atoms with Gasteiger partial charge in [-0.05, 0) is 41.6 Å². The second kappa shape index (κ2) is 4.14. The third-order valence-corrected chi connectivity index (χ3v) is 3.29. The fourth-order valence-corrected chi connectivity index (χ4v) is 2.43. The van der Waals surface area contributed by atoms with Crippen LogP contribution in [0.5, 0.6) is 0 Å². The molecule has 0 radical (unpaired) electrons. The molecular weight excluding hydrogens is 327 g/mol. The van der Waals surface area contributed by atoms with Gasteiger partial charge in [0.05, 0.1) is 5.69 Å². The maximum Gasteiger partial charge on any atom is 0.179 e. The van der Waals surface area contributed by atoms with Crippen LogP contribution in [0.3, 0.4) is 0 Å². The number of halogens is 1. The van der Waals surface area contributed by atoms with E-state index in [0.717, 1.165) is 32.9 Å². The number of aliphatic imine (C=N–C) groups is 1. The molecule has 0 bridgehead atoms. The molecule has 0 unspecified atom stereocenters. The maximum absolute atomic E-state index is 4.52. The topological polar surface area (TPSA) is 51.0 Å². The Bertz CT molecular complexity index is 622. The van der Waals surface area contributed by atoms with Crippen molar-refractivity contribution >= 4 is 34.5 Å². The standard InChI is InChI=1S/C12H9IN4/c1-7-3-2-4-9(15-7)12-16-8-5-6-14-10(8)11(13)17-12/h2-4,6H,5H2,1H3. The lowest BCUT2D eigenvalue weighted by Crippen LogP contribution is -1.98. The van der Waals surface area contributed by atoms with Crippen LogP contribution in [0, 0.1) is 10.6 Å². The normalized spacial score (nSPS) is 12.8. The van der Waals surface area contributed by atoms with E-state index in [2.05, 4.69) is 42.5 Å². The molecule has 3 rings (SSSR count). The van der Waals surface area contributed by atoms with E-state index in [0.29, 0.717) is 5.82 Å². The zero-order valence-electron chi connectivity index (χ0n) is 9.18. The maximum atomic E-state index is 4.52. The largest absolute Gasteiger partial charge is 0.256 e. The molecule has 17 heavy (non-hydrogen) atoms. The van der Waals surface area contributed by atoms with Crippen LogP contribution in [-0.4, -0.2) is 21.2 Å². The third-order valence-electron chi connectivity index (χ3n) is 2.54. The predicted molar refractivity (Wildman–Crippen MR) is 74.6 cm³/mol. The summed E-state index contributed by atoms with van der Waals surface area (Å²) in [5, 5.41) is 0. The van der Waals surface area contributed by atoms with Crippen molar-refractivity contribution in [3.8, 4) is 11.5 Å². The summed E-state index contributed by atoms with van der Waals surface area (Å²) in [6.07, 6.45) is 2.65. The van der Waals surface area contributed by atoms with E-state index < -0.39 is 0 Å². The highest BCUT2D eigenvalue weighted by atomic mass is 127. The minimum Gasteiger partial charge on any atom is -0.256 e. The minimum absolute atomic E-state index is 0.683. The Labute approximate surface area is 112 Å². The van der Waals surface area contributed by atoms with Gasteiger partial charge in [-0.1, -0.05) is 6.07 Å². The van der Waals surface area contributed by atoms with Crippen molar-refractivity contribution in [3.05, 3.63) is 33.3 Å². The van der Waals surface area contributed by atoms with Gasteiger partial charge in [0.25, 0.3) is 0 Å². The van der Waals surface area contributed by atoms with Gasteiger partial charge in [-0.25, -0.2) is 15.0 Å². The van der Waals surface area contributed by atoms with E-state index in [1.54, 1.807) is 0 Å². The molecule has 0 atom stereocenters. The molecule has 0 spiro atoms. The van der Waals surface area contributed by atoms with Gasteiger partial charge in [0.15, 0.2) is 5.82 Å². The average molecular weight is 336 g/mol. The number of nitrogens with zero attached hydrogens (tertiary/aromatic N) is 4. The van der Waals surface area contributed by atoms with E-state index in [1.807, 2.05) is 31.3 Å². The quantitative estimate of drug-likeness (QED) is 0.594. The van der Waals surface area contributed by atoms with Crippen LogP contribution in [0.1, 0.15) is 11.4 Å². The van der Waals surface area contributed by atoms with Crippen molar-refractivity contribution in [1.82, 2.24) is 15.0 Å². The second-order valence-electron chi connectivity index (χ2n) is 3.81. The summed E-state index contributed by atoms with van der Waals surface area (Å²) in [6, 6.07) is 5.86. The Kier molecular flexibility index (Phi) is 2.62. The fraction of sp³-hybridized carbons (Fsp3) is 0.167. The average Bonchev–Trinajstić information content (AvgIpc) is 2.77. The van der Waals surface area contributed by atoms with E-state index in [1.165, 1.54) is 0 Å². The Morgan fingerprint density at radius 2 is 2.06 bits per heavy atom. The van der Waals surface area contributed by atoms with Crippen LogP contribution in [0.2, 0.25) is 0 Å². The summed E-state index contributed by atoms with van der Waals surface area (Å²) in [6.45, 7) is 1.96. The Morgan fingerprint density at radius 1 is 1.18 bits per heavy atom. The summed E-state index contributed by atoms with van der Waals surface area (Å²) in [5.41, 5.74) is 3.68. The van der Waals surface area contributed by atoms with Crippen LogP contribution < -0.4 is 0 Å². The molecule has 0 N–H and O–H groups in total. The van der Waals surface area contributed by atoms with Crippen LogP contribution in [0.4, 0.5) is 5.69 Å². The van der Waals surface area contributed by atoms with Crippen LogP contribution in [-0.2, 0) is 6.42 Å². The van der Waals surface area contributed by atoms with Gasteiger partial charge >= 0.3 is 0 Å². The van der Waals surface area contributed by atoms with Crippen molar-refractivity contribution < 1.29 is 0 Å². The summed E-state index contributed by atoms with van der Waals surface area (Å²) >= 11 is 2.19. The third kappa shape index (κ3) is 1.95. The summed E-state index contributed by atoms with van der Waals surface area (Å²) in [4.78, 5) is 17.7.